The highest BCUT2D eigenvalue weighted by Gasteiger charge is 2.24. The highest BCUT2D eigenvalue weighted by Crippen LogP contribution is 2.33. The van der Waals surface area contributed by atoms with Crippen molar-refractivity contribution in [3.05, 3.63) is 66.1 Å². The van der Waals surface area contributed by atoms with E-state index in [1.165, 1.54) is 26.2 Å². The Kier molecular flexibility index (Phi) is 8.94. The molecule has 1 aromatic heterocycles. The molecule has 3 aromatic rings. The van der Waals surface area contributed by atoms with E-state index in [0.717, 1.165) is 5.56 Å². The molecule has 202 valence electrons. The van der Waals surface area contributed by atoms with E-state index in [-0.39, 0.29) is 45.5 Å². The van der Waals surface area contributed by atoms with E-state index in [1.807, 2.05) is 18.2 Å². The lowest BCUT2D eigenvalue weighted by atomic mass is 10.2. The fourth-order valence-corrected chi connectivity index (χ4v) is 3.88. The summed E-state index contributed by atoms with van der Waals surface area (Å²) in [7, 11) is 4.59. The second kappa shape index (κ2) is 12.7. The van der Waals surface area contributed by atoms with E-state index in [2.05, 4.69) is 5.32 Å². The predicted molar refractivity (Wildman–Crippen MR) is 138 cm³/mol. The molecule has 0 spiro atoms. The maximum atomic E-state index is 13.6. The topological polar surface area (TPSA) is 112 Å². The van der Waals surface area contributed by atoms with Gasteiger partial charge in [0.15, 0.2) is 11.5 Å². The molecule has 2 aromatic carbocycles. The van der Waals surface area contributed by atoms with Crippen LogP contribution in [0.3, 0.4) is 0 Å². The number of rotatable bonds is 12. The van der Waals surface area contributed by atoms with Gasteiger partial charge >= 0.3 is 6.03 Å². The van der Waals surface area contributed by atoms with Crippen molar-refractivity contribution in [1.29, 1.82) is 0 Å². The number of nitrogens with one attached hydrogen (secondary N) is 1. The third-order valence-corrected chi connectivity index (χ3v) is 5.87. The van der Waals surface area contributed by atoms with Crippen LogP contribution in [0, 0.1) is 0 Å². The average molecular weight is 526 g/mol. The molecule has 1 aliphatic heterocycles. The average Bonchev–Trinajstić information content (AvgIpc) is 3.62. The Morgan fingerprint density at radius 2 is 1.68 bits per heavy atom. The molecule has 0 bridgehead atoms. The highest BCUT2D eigenvalue weighted by molar-refractivity contribution is 5.92. The van der Waals surface area contributed by atoms with E-state index < -0.39 is 6.03 Å². The second-order valence-electron chi connectivity index (χ2n) is 8.46. The van der Waals surface area contributed by atoms with Crippen LogP contribution in [0.2, 0.25) is 0 Å². The van der Waals surface area contributed by atoms with E-state index in [0.29, 0.717) is 34.4 Å². The molecule has 38 heavy (non-hydrogen) atoms. The number of nitrogens with zero attached hydrogens (tertiary/aromatic N) is 2. The van der Waals surface area contributed by atoms with Gasteiger partial charge in [-0.15, -0.1) is 0 Å². The van der Waals surface area contributed by atoms with Crippen molar-refractivity contribution in [2.24, 2.45) is 0 Å². The molecule has 11 heteroatoms. The molecule has 0 aliphatic carbocycles. The van der Waals surface area contributed by atoms with Crippen molar-refractivity contribution >= 4 is 17.6 Å². The Bertz CT molecular complexity index is 1210. The number of benzene rings is 2. The van der Waals surface area contributed by atoms with Gasteiger partial charge in [0.2, 0.25) is 12.7 Å². The lowest BCUT2D eigenvalue weighted by Crippen LogP contribution is -2.45. The molecule has 4 rings (SSSR count). The minimum atomic E-state index is -0.466. The number of furan rings is 1. The van der Waals surface area contributed by atoms with Crippen LogP contribution in [0.4, 0.5) is 10.5 Å². The molecule has 0 atom stereocenters. The molecule has 2 heterocycles. The summed E-state index contributed by atoms with van der Waals surface area (Å²) >= 11 is 0. The van der Waals surface area contributed by atoms with E-state index in [1.54, 1.807) is 41.5 Å². The van der Waals surface area contributed by atoms with Gasteiger partial charge in [-0.1, -0.05) is 6.07 Å². The summed E-state index contributed by atoms with van der Waals surface area (Å²) in [5.74, 6) is 2.68. The molecule has 0 radical (unpaired) electrons. The van der Waals surface area contributed by atoms with Gasteiger partial charge < -0.3 is 43.2 Å². The van der Waals surface area contributed by atoms with E-state index in [4.69, 9.17) is 28.1 Å². The van der Waals surface area contributed by atoms with Crippen molar-refractivity contribution in [3.8, 4) is 23.0 Å². The van der Waals surface area contributed by atoms with Crippen molar-refractivity contribution in [2.45, 2.75) is 13.1 Å². The van der Waals surface area contributed by atoms with E-state index >= 15 is 0 Å². The molecule has 0 saturated carbocycles. The Morgan fingerprint density at radius 1 is 0.921 bits per heavy atom. The van der Waals surface area contributed by atoms with Gasteiger partial charge in [-0.25, -0.2) is 4.79 Å². The third kappa shape index (κ3) is 6.88. The summed E-state index contributed by atoms with van der Waals surface area (Å²) in [5, 5.41) is 2.82. The second-order valence-corrected chi connectivity index (χ2v) is 8.46. The van der Waals surface area contributed by atoms with Crippen molar-refractivity contribution in [1.82, 2.24) is 9.80 Å². The van der Waals surface area contributed by atoms with Gasteiger partial charge in [-0.3, -0.25) is 4.79 Å². The lowest BCUT2D eigenvalue weighted by molar-refractivity contribution is -0.133. The number of hydrogen-bond acceptors (Lipinski definition) is 8. The number of anilines is 1. The number of amides is 3. The van der Waals surface area contributed by atoms with Crippen LogP contribution in [0.5, 0.6) is 23.0 Å². The maximum Gasteiger partial charge on any atom is 0.322 e. The number of carbonyl (C=O) groups is 2. The molecular weight excluding hydrogens is 494 g/mol. The van der Waals surface area contributed by atoms with Gasteiger partial charge in [0.25, 0.3) is 0 Å². The van der Waals surface area contributed by atoms with Crippen molar-refractivity contribution < 1.29 is 37.7 Å². The van der Waals surface area contributed by atoms with Crippen LogP contribution in [0.1, 0.15) is 11.3 Å². The summed E-state index contributed by atoms with van der Waals surface area (Å²) in [4.78, 5) is 29.8. The van der Waals surface area contributed by atoms with Crippen LogP contribution < -0.4 is 24.3 Å². The first-order chi connectivity index (χ1) is 18.5. The Balaban J connectivity index is 1.51. The standard InChI is InChI=1S/C27H31N3O8/c1-33-10-8-29(27(32)28-20-12-22(34-2)14-23(13-20)35-3)17-26(31)30(16-21-5-4-9-36-21)15-19-6-7-24-25(11-19)38-18-37-24/h4-7,9,11-14H,8,10,15-18H2,1-3H3,(H,28,32). The fraction of sp³-hybridized carbons (Fsp3) is 0.333. The van der Waals surface area contributed by atoms with Gasteiger partial charge in [-0.2, -0.15) is 0 Å². The van der Waals surface area contributed by atoms with Crippen LogP contribution in [0.25, 0.3) is 0 Å². The van der Waals surface area contributed by atoms with Crippen LogP contribution in [0.15, 0.2) is 59.2 Å². The first-order valence-electron chi connectivity index (χ1n) is 12.0. The monoisotopic (exact) mass is 525 g/mol. The molecule has 3 amide bonds. The van der Waals surface area contributed by atoms with Gasteiger partial charge in [-0.05, 0) is 29.8 Å². The molecule has 0 fully saturated rings. The maximum absolute atomic E-state index is 13.6. The number of ether oxygens (including phenoxy) is 5. The molecular formula is C27H31N3O8. The first-order valence-corrected chi connectivity index (χ1v) is 12.0. The minimum Gasteiger partial charge on any atom is -0.497 e. The first kappa shape index (κ1) is 26.7. The van der Waals surface area contributed by atoms with E-state index in [9.17, 15) is 9.59 Å². The Labute approximate surface area is 220 Å². The minimum absolute atomic E-state index is 0.163. The Hall–Kier alpha value is -4.38. The quantitative estimate of drug-likeness (QED) is 0.381. The molecule has 11 nitrogen and oxygen atoms in total. The summed E-state index contributed by atoms with van der Waals surface area (Å²) in [6.07, 6.45) is 1.55. The Morgan fingerprint density at radius 3 is 2.37 bits per heavy atom. The van der Waals surface area contributed by atoms with Gasteiger partial charge in [0, 0.05) is 44.1 Å². The molecule has 0 saturated heterocycles. The summed E-state index contributed by atoms with van der Waals surface area (Å²) < 4.78 is 32.1. The van der Waals surface area contributed by atoms with Gasteiger partial charge in [0.05, 0.1) is 33.6 Å². The predicted octanol–water partition coefficient (Wildman–Crippen LogP) is 3.73. The highest BCUT2D eigenvalue weighted by atomic mass is 16.7. The molecule has 0 unspecified atom stereocenters. The molecule has 1 aliphatic rings. The summed E-state index contributed by atoms with van der Waals surface area (Å²) in [5.41, 5.74) is 1.32. The lowest BCUT2D eigenvalue weighted by Gasteiger charge is -2.27. The fourth-order valence-electron chi connectivity index (χ4n) is 3.88. The van der Waals surface area contributed by atoms with Gasteiger partial charge in [0.1, 0.15) is 23.8 Å². The SMILES string of the molecule is COCCN(CC(=O)N(Cc1ccc2c(c1)OCO2)Cc1ccco1)C(=O)Nc1cc(OC)cc(OC)c1. The zero-order chi connectivity index (χ0) is 26.9. The van der Waals surface area contributed by atoms with Crippen LogP contribution in [-0.2, 0) is 22.6 Å². The van der Waals surface area contributed by atoms with Crippen LogP contribution >= 0.6 is 0 Å². The normalized spacial score (nSPS) is 11.7. The van der Waals surface area contributed by atoms with Crippen LogP contribution in [-0.4, -0.2) is 69.6 Å². The number of urea groups is 1. The zero-order valence-corrected chi connectivity index (χ0v) is 21.6. The zero-order valence-electron chi connectivity index (χ0n) is 21.6. The number of fused-ring (bicyclic) bond motifs is 1. The third-order valence-electron chi connectivity index (χ3n) is 5.87. The van der Waals surface area contributed by atoms with Crippen molar-refractivity contribution in [3.63, 3.8) is 0 Å². The summed E-state index contributed by atoms with van der Waals surface area (Å²) in [6, 6.07) is 13.7. The number of hydrogen-bond donors (Lipinski definition) is 1. The smallest absolute Gasteiger partial charge is 0.322 e. The van der Waals surface area contributed by atoms with Crippen molar-refractivity contribution in [2.75, 3.05) is 53.1 Å². The number of methoxy groups -OCH3 is 3. The summed E-state index contributed by atoms with van der Waals surface area (Å²) in [6.45, 7) is 0.949. The largest absolute Gasteiger partial charge is 0.497 e. The molecule has 1 N–H and O–H groups in total. The number of carbonyl (C=O) groups excluding carboxylic acids is 2.